The number of sulfonamides is 1. The molecular weight excluding hydrogens is 278 g/mol. The van der Waals surface area contributed by atoms with Crippen molar-refractivity contribution < 1.29 is 18.3 Å². The summed E-state index contributed by atoms with van der Waals surface area (Å²) in [6.07, 6.45) is 1.45. The van der Waals surface area contributed by atoms with Crippen LogP contribution in [0.3, 0.4) is 0 Å². The first kappa shape index (κ1) is 16.4. The molecule has 0 saturated heterocycles. The highest BCUT2D eigenvalue weighted by Gasteiger charge is 2.21. The lowest BCUT2D eigenvalue weighted by Gasteiger charge is -2.18. The van der Waals surface area contributed by atoms with Crippen LogP contribution in [-0.4, -0.2) is 36.9 Å². The maximum atomic E-state index is 12.4. The molecule has 20 heavy (non-hydrogen) atoms. The predicted octanol–water partition coefficient (Wildman–Crippen LogP) is 2.21. The second-order valence-electron chi connectivity index (χ2n) is 4.29. The second-order valence-corrected chi connectivity index (χ2v) is 6.23. The van der Waals surface area contributed by atoms with Crippen LogP contribution in [0.5, 0.6) is 0 Å². The van der Waals surface area contributed by atoms with Crippen molar-refractivity contribution in [2.45, 2.75) is 25.7 Å². The molecule has 1 N–H and O–H groups in total. The summed E-state index contributed by atoms with van der Waals surface area (Å²) in [7, 11) is -3.52. The van der Waals surface area contributed by atoms with Crippen LogP contribution < -0.4 is 0 Å². The van der Waals surface area contributed by atoms with Crippen molar-refractivity contribution in [3.8, 4) is 0 Å². The molecular formula is C14H19NO4S. The van der Waals surface area contributed by atoms with E-state index in [4.69, 9.17) is 5.11 Å². The Kier molecular flexibility index (Phi) is 5.47. The number of hydrogen-bond acceptors (Lipinski definition) is 3. The van der Waals surface area contributed by atoms with Crippen molar-refractivity contribution >= 4 is 22.1 Å². The quantitative estimate of drug-likeness (QED) is 0.817. The van der Waals surface area contributed by atoms with E-state index in [1.54, 1.807) is 26.0 Å². The van der Waals surface area contributed by atoms with Gasteiger partial charge in [0.2, 0.25) is 10.0 Å². The molecule has 0 spiro atoms. The van der Waals surface area contributed by atoms with Gasteiger partial charge in [0.15, 0.2) is 0 Å². The maximum Gasteiger partial charge on any atom is 0.331 e. The highest BCUT2D eigenvalue weighted by molar-refractivity contribution is 7.89. The van der Waals surface area contributed by atoms with E-state index >= 15 is 0 Å². The van der Waals surface area contributed by atoms with Crippen molar-refractivity contribution in [2.24, 2.45) is 0 Å². The van der Waals surface area contributed by atoms with Gasteiger partial charge in [0, 0.05) is 18.7 Å². The summed E-state index contributed by atoms with van der Waals surface area (Å²) in [6, 6.07) is 6.28. The molecule has 6 heteroatoms. The largest absolute Gasteiger partial charge is 0.478 e. The zero-order valence-corrected chi connectivity index (χ0v) is 12.6. The lowest BCUT2D eigenvalue weighted by atomic mass is 10.1. The van der Waals surface area contributed by atoms with E-state index in [-0.39, 0.29) is 10.5 Å². The molecule has 0 fully saturated rings. The number of aliphatic carboxylic acids is 1. The third kappa shape index (κ3) is 3.68. The second kappa shape index (κ2) is 6.67. The van der Waals surface area contributed by atoms with Crippen molar-refractivity contribution in [3.05, 3.63) is 35.4 Å². The Morgan fingerprint density at radius 2 is 1.90 bits per heavy atom. The van der Waals surface area contributed by atoms with Gasteiger partial charge in [-0.15, -0.1) is 0 Å². The minimum absolute atomic E-state index is 0.155. The van der Waals surface area contributed by atoms with Gasteiger partial charge in [-0.2, -0.15) is 4.31 Å². The van der Waals surface area contributed by atoms with Gasteiger partial charge in [0.1, 0.15) is 0 Å². The number of carbonyl (C=O) groups is 1. The smallest absolute Gasteiger partial charge is 0.331 e. The van der Waals surface area contributed by atoms with Crippen molar-refractivity contribution in [1.29, 1.82) is 0 Å². The van der Waals surface area contributed by atoms with Gasteiger partial charge >= 0.3 is 5.97 Å². The van der Waals surface area contributed by atoms with Crippen LogP contribution in [0.2, 0.25) is 0 Å². The van der Waals surface area contributed by atoms with Gasteiger partial charge in [-0.05, 0) is 30.7 Å². The predicted molar refractivity (Wildman–Crippen MR) is 77.8 cm³/mol. The van der Waals surface area contributed by atoms with Gasteiger partial charge in [0.05, 0.1) is 4.90 Å². The Balaban J connectivity index is 3.23. The average Bonchev–Trinajstić information content (AvgIpc) is 2.40. The maximum absolute atomic E-state index is 12.4. The van der Waals surface area contributed by atoms with Crippen LogP contribution in [0.25, 0.3) is 6.08 Å². The standard InChI is InChI=1S/C14H19NO4S/c1-4-15(5-2)20(18,19)13-8-6-7-12(10-13)9-11(3)14(16)17/h6-10H,4-5H2,1-3H3,(H,16,17)/b11-9+. The number of hydrogen-bond donors (Lipinski definition) is 1. The fourth-order valence-corrected chi connectivity index (χ4v) is 3.30. The first-order chi connectivity index (χ1) is 9.32. The normalized spacial score (nSPS) is 12.7. The van der Waals surface area contributed by atoms with Crippen LogP contribution in [-0.2, 0) is 14.8 Å². The van der Waals surface area contributed by atoms with Gasteiger partial charge in [0.25, 0.3) is 0 Å². The zero-order chi connectivity index (χ0) is 15.3. The number of benzene rings is 1. The lowest BCUT2D eigenvalue weighted by molar-refractivity contribution is -0.132. The molecule has 0 aliphatic carbocycles. The van der Waals surface area contributed by atoms with Crippen molar-refractivity contribution in [3.63, 3.8) is 0 Å². The fourth-order valence-electron chi connectivity index (χ4n) is 1.79. The molecule has 0 saturated carbocycles. The van der Waals surface area contributed by atoms with Gasteiger partial charge < -0.3 is 5.11 Å². The molecule has 5 nitrogen and oxygen atoms in total. The number of carboxylic acid groups (broad SMARTS) is 1. The molecule has 0 radical (unpaired) electrons. The minimum Gasteiger partial charge on any atom is -0.478 e. The zero-order valence-electron chi connectivity index (χ0n) is 11.8. The topological polar surface area (TPSA) is 74.7 Å². The van der Waals surface area contributed by atoms with E-state index in [0.717, 1.165) is 0 Å². The number of rotatable bonds is 6. The highest BCUT2D eigenvalue weighted by atomic mass is 32.2. The van der Waals surface area contributed by atoms with E-state index in [1.165, 1.54) is 29.4 Å². The molecule has 0 aliphatic rings. The molecule has 1 rings (SSSR count). The molecule has 110 valence electrons. The number of carboxylic acids is 1. The van der Waals surface area contributed by atoms with Gasteiger partial charge in [-0.1, -0.05) is 26.0 Å². The van der Waals surface area contributed by atoms with E-state index in [9.17, 15) is 13.2 Å². The Labute approximate surface area is 119 Å². The third-order valence-electron chi connectivity index (χ3n) is 2.92. The third-order valence-corrected chi connectivity index (χ3v) is 4.97. The fraction of sp³-hybridized carbons (Fsp3) is 0.357. The monoisotopic (exact) mass is 297 g/mol. The summed E-state index contributed by atoms with van der Waals surface area (Å²) in [6.45, 7) is 5.81. The molecule has 0 unspecified atom stereocenters. The van der Waals surface area contributed by atoms with E-state index in [1.807, 2.05) is 0 Å². The summed E-state index contributed by atoms with van der Waals surface area (Å²) in [5, 5.41) is 8.84. The molecule has 0 heterocycles. The first-order valence-corrected chi connectivity index (χ1v) is 7.78. The molecule has 1 aromatic rings. The van der Waals surface area contributed by atoms with Crippen LogP contribution in [0.15, 0.2) is 34.7 Å². The van der Waals surface area contributed by atoms with Crippen LogP contribution >= 0.6 is 0 Å². The van der Waals surface area contributed by atoms with Crippen molar-refractivity contribution in [1.82, 2.24) is 4.31 Å². The van der Waals surface area contributed by atoms with Crippen molar-refractivity contribution in [2.75, 3.05) is 13.1 Å². The van der Waals surface area contributed by atoms with E-state index in [2.05, 4.69) is 0 Å². The molecule has 0 aliphatic heterocycles. The summed E-state index contributed by atoms with van der Waals surface area (Å²) in [5.41, 5.74) is 0.709. The minimum atomic E-state index is -3.52. The van der Waals surface area contributed by atoms with Crippen LogP contribution in [0.4, 0.5) is 0 Å². The molecule has 0 bridgehead atoms. The lowest BCUT2D eigenvalue weighted by Crippen LogP contribution is -2.30. The average molecular weight is 297 g/mol. The van der Waals surface area contributed by atoms with Crippen LogP contribution in [0.1, 0.15) is 26.3 Å². The molecule has 0 aromatic heterocycles. The molecule has 1 aromatic carbocycles. The Morgan fingerprint density at radius 1 is 1.30 bits per heavy atom. The summed E-state index contributed by atoms with van der Waals surface area (Å²) < 4.78 is 26.1. The number of nitrogens with zero attached hydrogens (tertiary/aromatic N) is 1. The highest BCUT2D eigenvalue weighted by Crippen LogP contribution is 2.18. The van der Waals surface area contributed by atoms with E-state index < -0.39 is 16.0 Å². The summed E-state index contributed by atoms with van der Waals surface area (Å²) in [5.74, 6) is -1.03. The van der Waals surface area contributed by atoms with Gasteiger partial charge in [-0.3, -0.25) is 0 Å². The Morgan fingerprint density at radius 3 is 2.40 bits per heavy atom. The summed E-state index contributed by atoms with van der Waals surface area (Å²) >= 11 is 0. The SMILES string of the molecule is CCN(CC)S(=O)(=O)c1cccc(/C=C(\C)C(=O)O)c1. The molecule has 0 amide bonds. The first-order valence-electron chi connectivity index (χ1n) is 6.34. The van der Waals surface area contributed by atoms with E-state index in [0.29, 0.717) is 18.7 Å². The molecule has 0 atom stereocenters. The van der Waals surface area contributed by atoms with Crippen LogP contribution in [0, 0.1) is 0 Å². The van der Waals surface area contributed by atoms with Gasteiger partial charge in [-0.25, -0.2) is 13.2 Å². The Bertz CT molecular complexity index is 616. The Hall–Kier alpha value is -1.66. The summed E-state index contributed by atoms with van der Waals surface area (Å²) in [4.78, 5) is 11.0.